The third kappa shape index (κ3) is 5.35. The molecule has 4 rings (SSSR count). The summed E-state index contributed by atoms with van der Waals surface area (Å²) < 4.78 is 6.45. The van der Waals surface area contributed by atoms with E-state index in [4.69, 9.17) is 4.74 Å². The van der Waals surface area contributed by atoms with Crippen molar-refractivity contribution in [2.24, 2.45) is 5.92 Å². The number of methoxy groups -OCH3 is 1. The van der Waals surface area contributed by atoms with Crippen molar-refractivity contribution in [1.82, 2.24) is 14.8 Å². The van der Waals surface area contributed by atoms with Gasteiger partial charge in [0.15, 0.2) is 14.2 Å². The summed E-state index contributed by atoms with van der Waals surface area (Å²) >= 11 is 0. The third-order valence-electron chi connectivity index (χ3n) is 6.11. The number of nitrogens with zero attached hydrogens (tertiary/aromatic N) is 4. The molecule has 1 fully saturated rings. The summed E-state index contributed by atoms with van der Waals surface area (Å²) in [7, 11) is -0.371. The minimum atomic E-state index is -1.88. The number of anilines is 1. The van der Waals surface area contributed by atoms with E-state index in [1.165, 1.54) is 25.4 Å². The first-order valence-electron chi connectivity index (χ1n) is 11.0. The summed E-state index contributed by atoms with van der Waals surface area (Å²) in [5.74, 6) is 0.870. The lowest BCUT2D eigenvalue weighted by Crippen LogP contribution is -2.36. The third-order valence-corrected chi connectivity index (χ3v) is 6.77. The number of phenols is 1. The highest BCUT2D eigenvalue weighted by Gasteiger charge is 2.25. The molecule has 0 spiro atoms. The number of benzene rings is 1. The van der Waals surface area contributed by atoms with E-state index in [-0.39, 0.29) is 18.1 Å². The molecule has 1 aromatic carbocycles. The lowest BCUT2D eigenvalue weighted by atomic mass is 9.94. The van der Waals surface area contributed by atoms with Gasteiger partial charge >= 0.3 is 0 Å². The molecule has 0 atom stereocenters. The summed E-state index contributed by atoms with van der Waals surface area (Å²) in [5.41, 5.74) is -0.136. The molecule has 0 aliphatic carbocycles. The number of aromatic nitrogens is 3. The molecule has 11 heteroatoms. The zero-order valence-electron chi connectivity index (χ0n) is 18.8. The van der Waals surface area contributed by atoms with Gasteiger partial charge in [0.05, 0.1) is 18.7 Å². The van der Waals surface area contributed by atoms with Crippen LogP contribution in [0.3, 0.4) is 0 Å². The SMILES string of the molecule is COc1cc2cnn(CC(=O)c3cccc(O)c3)c(=O)c2c(N2CCC(CCP(O)O)CC2)n1. The van der Waals surface area contributed by atoms with Crippen LogP contribution in [0.4, 0.5) is 5.82 Å². The number of carbonyl (C=O) groups excluding carboxylic acids is 1. The number of Topliss-reactive ketones (excluding diaryl/α,β-unsaturated/α-hetero) is 1. The molecule has 1 saturated heterocycles. The molecule has 0 radical (unpaired) electrons. The topological polar surface area (TPSA) is 138 Å². The van der Waals surface area contributed by atoms with Crippen LogP contribution in [0, 0.1) is 5.92 Å². The largest absolute Gasteiger partial charge is 0.508 e. The van der Waals surface area contributed by atoms with E-state index in [0.717, 1.165) is 23.9 Å². The molecule has 180 valence electrons. The van der Waals surface area contributed by atoms with E-state index >= 15 is 0 Å². The van der Waals surface area contributed by atoms with Crippen molar-refractivity contribution in [2.45, 2.75) is 25.8 Å². The van der Waals surface area contributed by atoms with Crippen LogP contribution >= 0.6 is 8.38 Å². The van der Waals surface area contributed by atoms with Crippen molar-refractivity contribution < 1.29 is 24.4 Å². The Bertz CT molecular complexity index is 1240. The first kappa shape index (κ1) is 24.1. The number of hydrogen-bond donors (Lipinski definition) is 3. The van der Waals surface area contributed by atoms with Gasteiger partial charge in [-0.15, -0.1) is 0 Å². The number of ether oxygens (including phenoxy) is 1. The lowest BCUT2D eigenvalue weighted by molar-refractivity contribution is 0.0965. The first-order chi connectivity index (χ1) is 16.4. The molecule has 0 saturated carbocycles. The Hall–Kier alpha value is -3.07. The fourth-order valence-corrected chi connectivity index (χ4v) is 4.84. The van der Waals surface area contributed by atoms with Crippen LogP contribution in [0.15, 0.2) is 41.3 Å². The molecule has 10 nitrogen and oxygen atoms in total. The number of phenolic OH excluding ortho intramolecular Hbond substituents is 1. The molecule has 1 aliphatic heterocycles. The number of piperidine rings is 1. The average Bonchev–Trinajstić information content (AvgIpc) is 2.84. The molecule has 2 aromatic heterocycles. The smallest absolute Gasteiger partial charge is 0.278 e. The summed E-state index contributed by atoms with van der Waals surface area (Å²) in [6, 6.07) is 7.62. The van der Waals surface area contributed by atoms with Crippen LogP contribution in [-0.2, 0) is 6.54 Å². The predicted octanol–water partition coefficient (Wildman–Crippen LogP) is 2.29. The second-order valence-corrected chi connectivity index (χ2v) is 9.54. The van der Waals surface area contributed by atoms with Crippen LogP contribution in [-0.4, -0.2) is 61.8 Å². The predicted molar refractivity (Wildman–Crippen MR) is 129 cm³/mol. The van der Waals surface area contributed by atoms with E-state index in [2.05, 4.69) is 10.1 Å². The second-order valence-electron chi connectivity index (χ2n) is 8.35. The number of rotatable bonds is 8. The Balaban J connectivity index is 1.64. The fourth-order valence-electron chi connectivity index (χ4n) is 4.25. The number of aromatic hydroxyl groups is 1. The molecule has 0 unspecified atom stereocenters. The van der Waals surface area contributed by atoms with Gasteiger partial charge in [0.1, 0.15) is 18.1 Å². The zero-order valence-corrected chi connectivity index (χ0v) is 19.7. The minimum absolute atomic E-state index is 0.0266. The van der Waals surface area contributed by atoms with Gasteiger partial charge in [0.2, 0.25) is 5.88 Å². The molecule has 34 heavy (non-hydrogen) atoms. The van der Waals surface area contributed by atoms with Gasteiger partial charge < -0.3 is 24.5 Å². The summed E-state index contributed by atoms with van der Waals surface area (Å²) in [5, 5.41) is 14.8. The standard InChI is InChI=1S/C23H27N4O6P/c1-33-20-12-17-13-24-27(14-19(29)16-3-2-4-18(28)11-16)23(30)21(17)22(25-20)26-8-5-15(6-9-26)7-10-34(31)32/h2-4,11-13,15,28,31-32H,5-10,14H2,1H3. The van der Waals surface area contributed by atoms with E-state index in [1.54, 1.807) is 18.2 Å². The van der Waals surface area contributed by atoms with Gasteiger partial charge in [0, 0.05) is 36.3 Å². The van der Waals surface area contributed by atoms with Crippen LogP contribution in [0.1, 0.15) is 29.6 Å². The van der Waals surface area contributed by atoms with E-state index in [9.17, 15) is 24.5 Å². The maximum absolute atomic E-state index is 13.4. The molecular formula is C23H27N4O6P. The van der Waals surface area contributed by atoms with Gasteiger partial charge in [-0.1, -0.05) is 12.1 Å². The van der Waals surface area contributed by atoms with Gasteiger partial charge in [-0.3, -0.25) is 9.59 Å². The lowest BCUT2D eigenvalue weighted by Gasteiger charge is -2.33. The first-order valence-corrected chi connectivity index (χ1v) is 12.5. The zero-order chi connectivity index (χ0) is 24.2. The van der Waals surface area contributed by atoms with Crippen molar-refractivity contribution in [1.29, 1.82) is 0 Å². The highest BCUT2D eigenvalue weighted by atomic mass is 31.2. The average molecular weight is 486 g/mol. The van der Waals surface area contributed by atoms with Crippen LogP contribution in [0.2, 0.25) is 0 Å². The molecular weight excluding hydrogens is 459 g/mol. The Morgan fingerprint density at radius 3 is 2.68 bits per heavy atom. The molecule has 1 aliphatic rings. The molecule has 0 amide bonds. The number of hydrogen-bond acceptors (Lipinski definition) is 9. The molecule has 3 aromatic rings. The maximum Gasteiger partial charge on any atom is 0.278 e. The Labute approximate surface area is 197 Å². The van der Waals surface area contributed by atoms with Gasteiger partial charge in [-0.2, -0.15) is 10.1 Å². The quantitative estimate of drug-likeness (QED) is 0.323. The number of pyridine rings is 1. The Morgan fingerprint density at radius 1 is 1.24 bits per heavy atom. The highest BCUT2D eigenvalue weighted by Crippen LogP contribution is 2.33. The molecule has 3 N–H and O–H groups in total. The van der Waals surface area contributed by atoms with Crippen molar-refractivity contribution in [3.8, 4) is 11.6 Å². The van der Waals surface area contributed by atoms with Crippen molar-refractivity contribution in [3.63, 3.8) is 0 Å². The Kier molecular flexibility index (Phi) is 7.41. The van der Waals surface area contributed by atoms with Crippen LogP contribution in [0.25, 0.3) is 10.8 Å². The van der Waals surface area contributed by atoms with Gasteiger partial charge in [-0.25, -0.2) is 4.68 Å². The number of fused-ring (bicyclic) bond motifs is 1. The summed E-state index contributed by atoms with van der Waals surface area (Å²) in [6.07, 6.45) is 4.38. The summed E-state index contributed by atoms with van der Waals surface area (Å²) in [6.45, 7) is 1.06. The normalized spacial score (nSPS) is 14.6. The Morgan fingerprint density at radius 2 is 2.00 bits per heavy atom. The molecule has 0 bridgehead atoms. The van der Waals surface area contributed by atoms with E-state index in [1.807, 2.05) is 4.90 Å². The molecule has 3 heterocycles. The highest BCUT2D eigenvalue weighted by molar-refractivity contribution is 7.45. The van der Waals surface area contributed by atoms with Gasteiger partial charge in [-0.05, 0) is 37.3 Å². The van der Waals surface area contributed by atoms with E-state index < -0.39 is 13.9 Å². The van der Waals surface area contributed by atoms with Crippen molar-refractivity contribution in [3.05, 3.63) is 52.4 Å². The maximum atomic E-state index is 13.4. The second kappa shape index (κ2) is 10.5. The van der Waals surface area contributed by atoms with Gasteiger partial charge in [0.25, 0.3) is 5.56 Å². The van der Waals surface area contributed by atoms with Crippen molar-refractivity contribution in [2.75, 3.05) is 31.3 Å². The van der Waals surface area contributed by atoms with E-state index in [0.29, 0.717) is 53.2 Å². The van der Waals surface area contributed by atoms with Crippen LogP contribution < -0.4 is 15.2 Å². The number of carbonyl (C=O) groups is 1. The number of ketones is 1. The fraction of sp³-hybridized carbons (Fsp3) is 0.391. The van der Waals surface area contributed by atoms with Crippen molar-refractivity contribution >= 4 is 30.7 Å². The monoisotopic (exact) mass is 486 g/mol. The summed E-state index contributed by atoms with van der Waals surface area (Å²) in [4.78, 5) is 51.1. The minimum Gasteiger partial charge on any atom is -0.508 e. The van der Waals surface area contributed by atoms with Crippen LogP contribution in [0.5, 0.6) is 11.6 Å².